The molecular formula is C12H17N7O2. The van der Waals surface area contributed by atoms with Gasteiger partial charge in [0, 0.05) is 12.6 Å². The number of unbranched alkanes of at least 4 members (excludes halogenated alkanes) is 1. The normalized spacial score (nSPS) is 12.1. The van der Waals surface area contributed by atoms with E-state index in [9.17, 15) is 9.59 Å². The van der Waals surface area contributed by atoms with Gasteiger partial charge in [-0.25, -0.2) is 4.68 Å². The van der Waals surface area contributed by atoms with Crippen molar-refractivity contribution in [3.8, 4) is 0 Å². The Bertz CT molecular complexity index is 650. The van der Waals surface area contributed by atoms with Crippen LogP contribution in [0.5, 0.6) is 0 Å². The third-order valence-corrected chi connectivity index (χ3v) is 2.92. The Morgan fingerprint density at radius 2 is 2.29 bits per heavy atom. The molecule has 0 saturated heterocycles. The highest BCUT2D eigenvalue weighted by molar-refractivity contribution is 5.92. The van der Waals surface area contributed by atoms with Crippen molar-refractivity contribution < 1.29 is 4.79 Å². The third-order valence-electron chi connectivity index (χ3n) is 2.92. The van der Waals surface area contributed by atoms with Gasteiger partial charge < -0.3 is 5.32 Å². The van der Waals surface area contributed by atoms with Gasteiger partial charge in [-0.2, -0.15) is 10.3 Å². The number of amides is 1. The van der Waals surface area contributed by atoms with Crippen LogP contribution in [0, 0.1) is 0 Å². The van der Waals surface area contributed by atoms with Crippen LogP contribution in [0.4, 0.5) is 0 Å². The number of carbonyl (C=O) groups is 1. The smallest absolute Gasteiger partial charge is 0.272 e. The Kier molecular flexibility index (Phi) is 4.75. The number of hydrogen-bond donors (Lipinski definition) is 2. The number of aromatic nitrogens is 6. The average Bonchev–Trinajstić information content (AvgIpc) is 3.00. The maximum Gasteiger partial charge on any atom is 0.272 e. The molecule has 2 N–H and O–H groups in total. The monoisotopic (exact) mass is 291 g/mol. The summed E-state index contributed by atoms with van der Waals surface area (Å²) in [5.74, 6) is -0.0137. The maximum atomic E-state index is 12.1. The van der Waals surface area contributed by atoms with Gasteiger partial charge in [-0.15, -0.1) is 10.2 Å². The molecule has 9 nitrogen and oxygen atoms in total. The minimum absolute atomic E-state index is 0.182. The highest BCUT2D eigenvalue weighted by Crippen LogP contribution is 2.04. The van der Waals surface area contributed by atoms with Gasteiger partial charge >= 0.3 is 0 Å². The molecule has 2 aromatic heterocycles. The van der Waals surface area contributed by atoms with Crippen LogP contribution in [0.3, 0.4) is 0 Å². The molecule has 0 fully saturated rings. The zero-order valence-corrected chi connectivity index (χ0v) is 11.9. The minimum Gasteiger partial charge on any atom is -0.341 e. The minimum atomic E-state index is -0.408. The SMILES string of the molecule is CCCCn1nc(C(=O)NC(C)c2nn[nH]n2)ccc1=O. The molecule has 1 amide bonds. The van der Waals surface area contributed by atoms with Crippen LogP contribution in [-0.2, 0) is 6.54 Å². The molecule has 0 bridgehead atoms. The van der Waals surface area contributed by atoms with Crippen LogP contribution in [0.15, 0.2) is 16.9 Å². The van der Waals surface area contributed by atoms with Gasteiger partial charge in [0.2, 0.25) is 0 Å². The van der Waals surface area contributed by atoms with Crippen LogP contribution in [0.2, 0.25) is 0 Å². The van der Waals surface area contributed by atoms with Gasteiger partial charge in [-0.3, -0.25) is 9.59 Å². The lowest BCUT2D eigenvalue weighted by atomic mass is 10.3. The standard InChI is InChI=1S/C12H17N7O2/c1-3-4-7-19-10(20)6-5-9(16-19)12(21)13-8(2)11-14-17-18-15-11/h5-6,8H,3-4,7H2,1-2H3,(H,13,21)(H,14,15,17,18). The number of hydrogen-bond acceptors (Lipinski definition) is 6. The molecule has 0 aromatic carbocycles. The van der Waals surface area contributed by atoms with Crippen molar-refractivity contribution in [3.63, 3.8) is 0 Å². The van der Waals surface area contributed by atoms with Crippen LogP contribution >= 0.6 is 0 Å². The number of tetrazole rings is 1. The molecule has 0 radical (unpaired) electrons. The van der Waals surface area contributed by atoms with Crippen molar-refractivity contribution in [2.24, 2.45) is 0 Å². The lowest BCUT2D eigenvalue weighted by Crippen LogP contribution is -2.31. The Labute approximate surface area is 120 Å². The van der Waals surface area contributed by atoms with E-state index in [1.807, 2.05) is 6.92 Å². The summed E-state index contributed by atoms with van der Waals surface area (Å²) in [5.41, 5.74) is -0.0349. The van der Waals surface area contributed by atoms with E-state index in [0.29, 0.717) is 12.4 Å². The van der Waals surface area contributed by atoms with Crippen LogP contribution < -0.4 is 10.9 Å². The van der Waals surface area contributed by atoms with Crippen molar-refractivity contribution in [1.29, 1.82) is 0 Å². The van der Waals surface area contributed by atoms with E-state index in [0.717, 1.165) is 12.8 Å². The van der Waals surface area contributed by atoms with Crippen molar-refractivity contribution in [1.82, 2.24) is 35.7 Å². The van der Waals surface area contributed by atoms with Gasteiger partial charge in [0.1, 0.15) is 5.69 Å². The molecule has 0 spiro atoms. The van der Waals surface area contributed by atoms with Gasteiger partial charge in [0.05, 0.1) is 6.04 Å². The summed E-state index contributed by atoms with van der Waals surface area (Å²) in [6.45, 7) is 4.25. The van der Waals surface area contributed by atoms with E-state index in [2.05, 4.69) is 31.0 Å². The second kappa shape index (κ2) is 6.73. The van der Waals surface area contributed by atoms with Crippen molar-refractivity contribution in [2.45, 2.75) is 39.3 Å². The largest absolute Gasteiger partial charge is 0.341 e. The quantitative estimate of drug-likeness (QED) is 0.776. The first kappa shape index (κ1) is 14.8. The number of rotatable bonds is 6. The molecule has 21 heavy (non-hydrogen) atoms. The highest BCUT2D eigenvalue weighted by atomic mass is 16.2. The van der Waals surface area contributed by atoms with Crippen LogP contribution in [0.25, 0.3) is 0 Å². The van der Waals surface area contributed by atoms with E-state index >= 15 is 0 Å². The summed E-state index contributed by atoms with van der Waals surface area (Å²) in [6, 6.07) is 2.34. The predicted molar refractivity (Wildman–Crippen MR) is 73.5 cm³/mol. The third kappa shape index (κ3) is 3.71. The van der Waals surface area contributed by atoms with Crippen molar-refractivity contribution >= 4 is 5.91 Å². The van der Waals surface area contributed by atoms with Crippen molar-refractivity contribution in [2.75, 3.05) is 0 Å². The number of carbonyl (C=O) groups excluding carboxylic acids is 1. The maximum absolute atomic E-state index is 12.1. The average molecular weight is 291 g/mol. The first-order valence-corrected chi connectivity index (χ1v) is 6.74. The Balaban J connectivity index is 2.10. The molecule has 1 unspecified atom stereocenters. The second-order valence-corrected chi connectivity index (χ2v) is 4.60. The summed E-state index contributed by atoms with van der Waals surface area (Å²) in [4.78, 5) is 23.8. The number of H-pyrrole nitrogens is 1. The fourth-order valence-electron chi connectivity index (χ4n) is 1.73. The Hall–Kier alpha value is -2.58. The zero-order valence-electron chi connectivity index (χ0n) is 11.9. The Morgan fingerprint density at radius 1 is 1.48 bits per heavy atom. The molecule has 0 saturated carbocycles. The molecule has 9 heteroatoms. The van der Waals surface area contributed by atoms with Gasteiger partial charge in [-0.1, -0.05) is 18.6 Å². The molecule has 0 aliphatic carbocycles. The molecule has 2 rings (SSSR count). The van der Waals surface area contributed by atoms with E-state index in [4.69, 9.17) is 0 Å². The summed E-state index contributed by atoms with van der Waals surface area (Å²) in [6.07, 6.45) is 1.77. The summed E-state index contributed by atoms with van der Waals surface area (Å²) in [7, 11) is 0. The summed E-state index contributed by atoms with van der Waals surface area (Å²) < 4.78 is 1.30. The zero-order chi connectivity index (χ0) is 15.2. The molecular weight excluding hydrogens is 274 g/mol. The van der Waals surface area contributed by atoms with Crippen LogP contribution in [0.1, 0.15) is 49.0 Å². The van der Waals surface area contributed by atoms with E-state index in [1.54, 1.807) is 6.92 Å². The molecule has 2 aromatic rings. The predicted octanol–water partition coefficient (Wildman–Crippen LogP) is 0.0475. The lowest BCUT2D eigenvalue weighted by Gasteiger charge is -2.10. The van der Waals surface area contributed by atoms with Gasteiger partial charge in [0.25, 0.3) is 11.5 Å². The Morgan fingerprint density at radius 3 is 2.95 bits per heavy atom. The number of aromatic amines is 1. The molecule has 112 valence electrons. The van der Waals surface area contributed by atoms with Crippen LogP contribution in [-0.4, -0.2) is 36.3 Å². The van der Waals surface area contributed by atoms with E-state index < -0.39 is 11.9 Å². The topological polar surface area (TPSA) is 118 Å². The first-order chi connectivity index (χ1) is 10.1. The van der Waals surface area contributed by atoms with E-state index in [1.165, 1.54) is 16.8 Å². The molecule has 0 aliphatic heterocycles. The number of nitrogens with zero attached hydrogens (tertiary/aromatic N) is 5. The van der Waals surface area contributed by atoms with Gasteiger partial charge in [0.15, 0.2) is 5.82 Å². The molecule has 0 aliphatic rings. The molecule has 1 atom stereocenters. The second-order valence-electron chi connectivity index (χ2n) is 4.60. The fourth-order valence-corrected chi connectivity index (χ4v) is 1.73. The fraction of sp³-hybridized carbons (Fsp3) is 0.500. The lowest BCUT2D eigenvalue weighted by molar-refractivity contribution is 0.0930. The number of nitrogens with one attached hydrogen (secondary N) is 2. The number of aryl methyl sites for hydroxylation is 1. The first-order valence-electron chi connectivity index (χ1n) is 6.74. The molecule has 2 heterocycles. The van der Waals surface area contributed by atoms with Gasteiger partial charge in [-0.05, 0) is 19.4 Å². The summed E-state index contributed by atoms with van der Waals surface area (Å²) >= 11 is 0. The van der Waals surface area contributed by atoms with E-state index in [-0.39, 0.29) is 11.3 Å². The highest BCUT2D eigenvalue weighted by Gasteiger charge is 2.16. The van der Waals surface area contributed by atoms with Crippen molar-refractivity contribution in [3.05, 3.63) is 34.0 Å². The summed E-state index contributed by atoms with van der Waals surface area (Å²) in [5, 5.41) is 20.1.